The molecule has 0 unspecified atom stereocenters. The number of aryl methyl sites for hydroxylation is 4. The number of hydrogen-bond acceptors (Lipinski definition) is 6. The maximum absolute atomic E-state index is 13.7. The topological polar surface area (TPSA) is 140 Å². The summed E-state index contributed by atoms with van der Waals surface area (Å²) in [5, 5.41) is 19.6. The molecule has 0 radical (unpaired) electrons. The van der Waals surface area contributed by atoms with Crippen molar-refractivity contribution in [1.29, 1.82) is 0 Å². The molecule has 6 N–H and O–H groups in total. The van der Waals surface area contributed by atoms with E-state index in [4.69, 9.17) is 0 Å². The summed E-state index contributed by atoms with van der Waals surface area (Å²) in [7, 11) is -1.72. The van der Waals surface area contributed by atoms with Crippen molar-refractivity contribution < 1.29 is 71.6 Å². The van der Waals surface area contributed by atoms with E-state index in [9.17, 15) is 19.2 Å². The molecule has 0 fully saturated rings. The molecule has 0 aromatic heterocycles. The molecule has 0 spiro atoms. The zero-order valence-corrected chi connectivity index (χ0v) is 71.9. The van der Waals surface area contributed by atoms with Crippen LogP contribution in [-0.4, -0.2) is 39.8 Å². The molecule has 0 aliphatic carbocycles. The van der Waals surface area contributed by atoms with Crippen molar-refractivity contribution in [1.82, 2.24) is 31.9 Å². The first-order valence-corrected chi connectivity index (χ1v) is 41.9. The van der Waals surface area contributed by atoms with Gasteiger partial charge in [0.05, 0.1) is 11.4 Å². The molecule has 4 aromatic carbocycles. The van der Waals surface area contributed by atoms with Gasteiger partial charge in [0.2, 0.25) is 0 Å². The summed E-state index contributed by atoms with van der Waals surface area (Å²) in [5.41, 5.74) is 22.8. The fraction of sp³-hybridized carbons (Fsp3) is 0.488. The minimum absolute atomic E-state index is 0. The molecule has 4 amide bonds. The van der Waals surface area contributed by atoms with Gasteiger partial charge < -0.3 is 45.0 Å². The first kappa shape index (κ1) is 89.0. The van der Waals surface area contributed by atoms with Gasteiger partial charge in [-0.15, -0.1) is 16.1 Å². The van der Waals surface area contributed by atoms with E-state index in [1.807, 2.05) is 39.8 Å². The van der Waals surface area contributed by atoms with Crippen molar-refractivity contribution in [2.45, 2.75) is 266 Å². The molecular formula is C82H124N6O4Si2Zr2. The molecule has 2 aliphatic heterocycles. The Bertz CT molecular complexity index is 3220. The second-order valence-electron chi connectivity index (χ2n) is 31.2. The van der Waals surface area contributed by atoms with Crippen LogP contribution in [0.5, 0.6) is 0 Å². The first-order valence-electron chi connectivity index (χ1n) is 34.5. The van der Waals surface area contributed by atoms with Crippen LogP contribution in [0.2, 0.25) is 39.3 Å². The summed E-state index contributed by atoms with van der Waals surface area (Å²) in [6.45, 7) is 71.3. The number of amides is 4. The number of hydrogen-bond donors (Lipinski definition) is 6. The largest absolute Gasteiger partial charge is 2.00 e. The van der Waals surface area contributed by atoms with Gasteiger partial charge >= 0.3 is 26.2 Å². The molecule has 0 atom stereocenters. The quantitative estimate of drug-likeness (QED) is 0.0488. The van der Waals surface area contributed by atoms with Gasteiger partial charge in [0.25, 0.3) is 23.6 Å². The van der Waals surface area contributed by atoms with Crippen LogP contribution in [0.3, 0.4) is 0 Å². The monoisotopic (exact) mass is 1490 g/mol. The third-order valence-corrected chi connectivity index (χ3v) is 16.0. The van der Waals surface area contributed by atoms with Crippen molar-refractivity contribution in [3.8, 4) is 0 Å². The van der Waals surface area contributed by atoms with Crippen LogP contribution in [0.1, 0.15) is 307 Å². The predicted octanol–water partition coefficient (Wildman–Crippen LogP) is 21.3. The summed E-state index contributed by atoms with van der Waals surface area (Å²) < 4.78 is 0. The average molecular weight is 1500 g/mol. The Labute approximate surface area is 624 Å². The molecule has 522 valence electrons. The zero-order chi connectivity index (χ0) is 71.9. The Balaban J connectivity index is 0.000000824. The smallest absolute Gasteiger partial charge is 0.356 e. The maximum Gasteiger partial charge on any atom is 2.00 e. The van der Waals surface area contributed by atoms with Gasteiger partial charge in [0.1, 0.15) is 0 Å². The molecule has 2 aliphatic rings. The van der Waals surface area contributed by atoms with Crippen LogP contribution in [-0.2, 0) is 52.4 Å². The van der Waals surface area contributed by atoms with Crippen LogP contribution in [0.4, 0.5) is 0 Å². The number of carbonyl (C=O) groups is 4. The van der Waals surface area contributed by atoms with E-state index in [0.29, 0.717) is 12.8 Å². The van der Waals surface area contributed by atoms with Gasteiger partial charge in [-0.1, -0.05) is 233 Å². The fourth-order valence-electron chi connectivity index (χ4n) is 11.3. The third-order valence-electron chi connectivity index (χ3n) is 16.0. The average Bonchev–Trinajstić information content (AvgIpc) is 0.825. The summed E-state index contributed by atoms with van der Waals surface area (Å²) in [5.74, 6) is 1.48. The number of allylic oxidation sites excluding steroid dienone is 8. The van der Waals surface area contributed by atoms with E-state index < -0.39 is 16.1 Å². The predicted molar refractivity (Wildman–Crippen MR) is 409 cm³/mol. The molecule has 0 saturated heterocycles. The third kappa shape index (κ3) is 27.3. The molecule has 6 rings (SSSR count). The van der Waals surface area contributed by atoms with Crippen LogP contribution in [0.25, 0.3) is 0 Å². The Morgan fingerprint density at radius 1 is 0.354 bits per heavy atom. The summed E-state index contributed by atoms with van der Waals surface area (Å²) in [4.78, 5) is 54.8. The van der Waals surface area contributed by atoms with E-state index in [1.165, 1.54) is 22.3 Å². The van der Waals surface area contributed by atoms with Gasteiger partial charge in [-0.25, -0.2) is 0 Å². The second-order valence-corrected chi connectivity index (χ2v) is 41.4. The van der Waals surface area contributed by atoms with Gasteiger partial charge in [0.15, 0.2) is 0 Å². The number of rotatable bonds is 16. The Kier molecular flexibility index (Phi) is 36.3. The van der Waals surface area contributed by atoms with Crippen molar-refractivity contribution in [3.63, 3.8) is 0 Å². The normalized spacial score (nSPS) is 15.1. The molecule has 4 aromatic rings. The SMILES string of the molecule is CC(NC(=O)c1c(C(C)C)cc(C)cc1C(C)C)=C1C=CCC(=C(C)NC(=O)c2c(C(C)C)cc(C)cc2C(C)C)N1.CC(NC(=O)c1c(C(C)C)cc(C)cc1C(C)C)=C1C=CCC(=C(C)NC(=O)c2c(C(C)C)cc(C)cc2C(C)C)N1.[CH2-][Si](C)(C)C.[CH2-][Si](C)(C)C.[Zr+2].[Zr]. The second kappa shape index (κ2) is 39.1. The molecule has 0 saturated carbocycles. The Morgan fingerprint density at radius 3 is 0.667 bits per heavy atom. The minimum Gasteiger partial charge on any atom is -0.356 e. The van der Waals surface area contributed by atoms with E-state index in [0.717, 1.165) is 112 Å². The summed E-state index contributed by atoms with van der Waals surface area (Å²) in [6, 6.07) is 17.0. The van der Waals surface area contributed by atoms with Gasteiger partial charge in [-0.3, -0.25) is 19.2 Å². The van der Waals surface area contributed by atoms with Gasteiger partial charge in [-0.05, 0) is 159 Å². The Morgan fingerprint density at radius 2 is 0.510 bits per heavy atom. The van der Waals surface area contributed by atoms with Crippen molar-refractivity contribution in [2.24, 2.45) is 0 Å². The van der Waals surface area contributed by atoms with E-state index in [1.54, 1.807) is 0 Å². The van der Waals surface area contributed by atoms with Gasteiger partial charge in [-0.2, -0.15) is 0 Å². The summed E-state index contributed by atoms with van der Waals surface area (Å²) in [6.07, 6.45) is 9.41. The number of nitrogens with one attached hydrogen (secondary N) is 6. The molecule has 2 heterocycles. The first-order chi connectivity index (χ1) is 43.2. The van der Waals surface area contributed by atoms with E-state index in [-0.39, 0.29) is 123 Å². The molecule has 0 bridgehead atoms. The molecule has 14 heteroatoms. The molecule has 10 nitrogen and oxygen atoms in total. The van der Waals surface area contributed by atoms with Crippen LogP contribution >= 0.6 is 0 Å². The van der Waals surface area contributed by atoms with Gasteiger partial charge in [0, 0.05) is 95.5 Å². The fourth-order valence-corrected chi connectivity index (χ4v) is 11.3. The van der Waals surface area contributed by atoms with Crippen LogP contribution in [0, 0.1) is 40.8 Å². The van der Waals surface area contributed by atoms with Crippen LogP contribution < -0.4 is 31.9 Å². The summed E-state index contributed by atoms with van der Waals surface area (Å²) >= 11 is 0. The number of carbonyl (C=O) groups excluding carboxylic acids is 4. The van der Waals surface area contributed by atoms with Crippen molar-refractivity contribution in [3.05, 3.63) is 221 Å². The zero-order valence-electron chi connectivity index (χ0n) is 65.0. The van der Waals surface area contributed by atoms with E-state index in [2.05, 4.69) is 283 Å². The minimum atomic E-state index is -0.861. The van der Waals surface area contributed by atoms with Crippen LogP contribution in [0.15, 0.2) is 118 Å². The Hall–Kier alpha value is -5.00. The number of benzene rings is 4. The van der Waals surface area contributed by atoms with Crippen molar-refractivity contribution in [2.75, 3.05) is 0 Å². The molecule has 96 heavy (non-hydrogen) atoms. The van der Waals surface area contributed by atoms with Crippen molar-refractivity contribution >= 4 is 39.8 Å². The standard InChI is InChI=1S/2C37H51N3O2.2C4H11Si.2Zr/c2*1-20(2)28-16-24(9)17-29(21(3)4)34(28)36(41)38-26(11)32-14-13-15-33(40-32)27(12)39-37(42)35-30(22(5)6)18-25(10)19-31(35)23(7)8;2*1-5(2,3)4;;/h2*13-14,16-23,40H,15H2,1-12H3,(H,38,41)(H,39,42);2*1H2,2-4H3;;/q;;2*-1;;+2. The maximum atomic E-state index is 13.7. The molecular weight excluding hydrogens is 1370 g/mol. The van der Waals surface area contributed by atoms with E-state index >= 15 is 0 Å².